The van der Waals surface area contributed by atoms with E-state index in [1.165, 1.54) is 6.26 Å². The van der Waals surface area contributed by atoms with Gasteiger partial charge >= 0.3 is 0 Å². The predicted molar refractivity (Wildman–Crippen MR) is 52.3 cm³/mol. The Morgan fingerprint density at radius 3 is 2.31 bits per heavy atom. The molecule has 0 bridgehead atoms. The van der Waals surface area contributed by atoms with Crippen molar-refractivity contribution in [3.8, 4) is 0 Å². The minimum Gasteiger partial charge on any atom is -0.337 e. The van der Waals surface area contributed by atoms with E-state index in [1.54, 1.807) is 6.20 Å². The summed E-state index contributed by atoms with van der Waals surface area (Å²) in [6.07, 6.45) is 3.07. The Kier molecular flexibility index (Phi) is 2.23. The number of nitrogens with zero attached hydrogens (tertiary/aromatic N) is 1. The first-order chi connectivity index (χ1) is 5.71. The highest BCUT2D eigenvalue weighted by Gasteiger charge is 2.19. The number of aromatic amines is 1. The van der Waals surface area contributed by atoms with Gasteiger partial charge in [0.1, 0.15) is 9.73 Å². The van der Waals surface area contributed by atoms with E-state index in [0.717, 1.165) is 5.69 Å². The summed E-state index contributed by atoms with van der Waals surface area (Å²) in [4.78, 5) is 6.91. The minimum absolute atomic E-state index is 0.0700. The van der Waals surface area contributed by atoms with Gasteiger partial charge in [0.2, 0.25) is 5.16 Å². The smallest absolute Gasteiger partial charge is 0.204 e. The number of H-pyrrole nitrogens is 1. The summed E-state index contributed by atoms with van der Waals surface area (Å²) in [6, 6.07) is 0. The highest BCUT2D eigenvalue weighted by molar-refractivity contribution is 7.91. The topological polar surface area (TPSA) is 69.6 Å². The number of nitrogens with one attached hydrogen (secondary N) is 2. The fraction of sp³-hybridized carbons (Fsp3) is 0.625. The molecule has 1 unspecified atom stereocenters. The van der Waals surface area contributed by atoms with Gasteiger partial charge < -0.3 is 4.98 Å². The SMILES string of the molecule is CC(C)(C)c1c[nH]c(S(C)(=N)=O)n1. The van der Waals surface area contributed by atoms with Gasteiger partial charge in [0.25, 0.3) is 0 Å². The van der Waals surface area contributed by atoms with E-state index in [2.05, 4.69) is 9.97 Å². The molecule has 0 aliphatic carbocycles. The molecule has 0 fully saturated rings. The number of rotatable bonds is 1. The Morgan fingerprint density at radius 2 is 2.08 bits per heavy atom. The molecule has 0 aliphatic rings. The van der Waals surface area contributed by atoms with E-state index in [9.17, 15) is 4.21 Å². The zero-order valence-corrected chi connectivity index (χ0v) is 9.16. The van der Waals surface area contributed by atoms with Crippen LogP contribution >= 0.6 is 0 Å². The molecule has 0 spiro atoms. The summed E-state index contributed by atoms with van der Waals surface area (Å²) >= 11 is 0. The second-order valence-electron chi connectivity index (χ2n) is 4.18. The standard InChI is InChI=1S/C8H15N3OS/c1-8(2,3)6-5-10-7(11-6)13(4,9)12/h5,9H,1-4H3,(H,10,11). The van der Waals surface area contributed by atoms with E-state index >= 15 is 0 Å². The van der Waals surface area contributed by atoms with Gasteiger partial charge in [-0.2, -0.15) is 0 Å². The summed E-state index contributed by atoms with van der Waals surface area (Å²) in [5.74, 6) is 0. The van der Waals surface area contributed by atoms with Gasteiger partial charge in [-0.05, 0) is 0 Å². The van der Waals surface area contributed by atoms with Crippen molar-refractivity contribution >= 4 is 9.73 Å². The first-order valence-electron chi connectivity index (χ1n) is 4.01. The van der Waals surface area contributed by atoms with Gasteiger partial charge in [0, 0.05) is 17.9 Å². The third-order valence-electron chi connectivity index (χ3n) is 1.69. The fourth-order valence-electron chi connectivity index (χ4n) is 0.888. The maximum atomic E-state index is 11.3. The largest absolute Gasteiger partial charge is 0.337 e. The van der Waals surface area contributed by atoms with Gasteiger partial charge in [-0.15, -0.1) is 0 Å². The van der Waals surface area contributed by atoms with E-state index in [4.69, 9.17) is 4.78 Å². The Morgan fingerprint density at radius 1 is 1.54 bits per heavy atom. The van der Waals surface area contributed by atoms with Crippen LogP contribution in [0.2, 0.25) is 0 Å². The molecule has 1 aromatic heterocycles. The lowest BCUT2D eigenvalue weighted by atomic mass is 9.93. The Labute approximate surface area is 78.8 Å². The van der Waals surface area contributed by atoms with Gasteiger partial charge in [-0.25, -0.2) is 14.0 Å². The third-order valence-corrected chi connectivity index (χ3v) is 2.64. The molecule has 0 radical (unpaired) electrons. The second-order valence-corrected chi connectivity index (χ2v) is 6.26. The second kappa shape index (κ2) is 2.83. The van der Waals surface area contributed by atoms with Crippen LogP contribution in [0, 0.1) is 4.78 Å². The van der Waals surface area contributed by atoms with Crippen LogP contribution < -0.4 is 0 Å². The molecule has 4 nitrogen and oxygen atoms in total. The molecule has 2 N–H and O–H groups in total. The van der Waals surface area contributed by atoms with Crippen LogP contribution in [0.25, 0.3) is 0 Å². The lowest BCUT2D eigenvalue weighted by molar-refractivity contribution is 0.568. The summed E-state index contributed by atoms with van der Waals surface area (Å²) in [5, 5.41) is 0.262. The molecule has 1 atom stereocenters. The third kappa shape index (κ3) is 2.30. The summed E-state index contributed by atoms with van der Waals surface area (Å²) in [6.45, 7) is 6.07. The van der Waals surface area contributed by atoms with Crippen molar-refractivity contribution < 1.29 is 4.21 Å². The molecule has 0 saturated carbocycles. The molecule has 1 rings (SSSR count). The predicted octanol–water partition coefficient (Wildman–Crippen LogP) is 1.74. The molecule has 0 aromatic carbocycles. The van der Waals surface area contributed by atoms with Crippen molar-refractivity contribution in [2.75, 3.05) is 6.26 Å². The van der Waals surface area contributed by atoms with Gasteiger partial charge in [0.05, 0.1) is 5.69 Å². The fourth-order valence-corrected chi connectivity index (χ4v) is 1.44. The Bertz CT molecular complexity index is 397. The Hall–Kier alpha value is -0.840. The first kappa shape index (κ1) is 10.2. The lowest BCUT2D eigenvalue weighted by Crippen LogP contribution is -2.11. The summed E-state index contributed by atoms with van der Waals surface area (Å²) in [7, 11) is -2.71. The van der Waals surface area contributed by atoms with Crippen LogP contribution in [0.1, 0.15) is 26.5 Å². The van der Waals surface area contributed by atoms with Crippen LogP contribution in [0.4, 0.5) is 0 Å². The molecular formula is C8H15N3OS. The molecule has 0 amide bonds. The van der Waals surface area contributed by atoms with Crippen LogP contribution in [0.15, 0.2) is 11.4 Å². The quantitative estimate of drug-likeness (QED) is 0.726. The van der Waals surface area contributed by atoms with Crippen molar-refractivity contribution in [3.63, 3.8) is 0 Å². The van der Waals surface area contributed by atoms with E-state index in [1.807, 2.05) is 20.8 Å². The Balaban J connectivity index is 3.16. The molecule has 13 heavy (non-hydrogen) atoms. The average molecular weight is 201 g/mol. The maximum Gasteiger partial charge on any atom is 0.204 e. The normalized spacial score (nSPS) is 16.9. The van der Waals surface area contributed by atoms with E-state index in [-0.39, 0.29) is 10.6 Å². The zero-order valence-electron chi connectivity index (χ0n) is 8.34. The van der Waals surface area contributed by atoms with Crippen molar-refractivity contribution in [1.29, 1.82) is 4.78 Å². The molecule has 0 aliphatic heterocycles. The van der Waals surface area contributed by atoms with Crippen molar-refractivity contribution in [2.24, 2.45) is 0 Å². The highest BCUT2D eigenvalue weighted by Crippen LogP contribution is 2.20. The van der Waals surface area contributed by atoms with Gasteiger partial charge in [0.15, 0.2) is 0 Å². The molecule has 5 heteroatoms. The van der Waals surface area contributed by atoms with Gasteiger partial charge in [-0.1, -0.05) is 20.8 Å². The maximum absolute atomic E-state index is 11.3. The zero-order chi connectivity index (χ0) is 10.3. The van der Waals surface area contributed by atoms with Crippen molar-refractivity contribution in [2.45, 2.75) is 31.3 Å². The monoisotopic (exact) mass is 201 g/mol. The van der Waals surface area contributed by atoms with Gasteiger partial charge in [-0.3, -0.25) is 0 Å². The van der Waals surface area contributed by atoms with Crippen LogP contribution in [0.3, 0.4) is 0 Å². The number of aromatic nitrogens is 2. The van der Waals surface area contributed by atoms with Crippen molar-refractivity contribution in [3.05, 3.63) is 11.9 Å². The van der Waals surface area contributed by atoms with Crippen molar-refractivity contribution in [1.82, 2.24) is 9.97 Å². The molecule has 1 heterocycles. The number of imidazole rings is 1. The first-order valence-corrected chi connectivity index (χ1v) is 5.97. The van der Waals surface area contributed by atoms with E-state index < -0.39 is 9.73 Å². The molecule has 74 valence electrons. The molecule has 1 aromatic rings. The molecule has 0 saturated heterocycles. The van der Waals surface area contributed by atoms with Crippen LogP contribution in [-0.4, -0.2) is 20.4 Å². The number of hydrogen-bond donors (Lipinski definition) is 2. The van der Waals surface area contributed by atoms with E-state index in [0.29, 0.717) is 0 Å². The van der Waals surface area contributed by atoms with Crippen LogP contribution in [-0.2, 0) is 15.1 Å². The lowest BCUT2D eigenvalue weighted by Gasteiger charge is -2.13. The van der Waals surface area contributed by atoms with Crippen LogP contribution in [0.5, 0.6) is 0 Å². The summed E-state index contributed by atoms with van der Waals surface area (Å²) < 4.78 is 18.6. The highest BCUT2D eigenvalue weighted by atomic mass is 32.2. The summed E-state index contributed by atoms with van der Waals surface area (Å²) in [5.41, 5.74) is 0.767. The minimum atomic E-state index is -2.71. The number of hydrogen-bond acceptors (Lipinski definition) is 3. The molecular weight excluding hydrogens is 186 g/mol. The average Bonchev–Trinajstić information content (AvgIpc) is 2.28.